The molecule has 0 aliphatic heterocycles. The Morgan fingerprint density at radius 3 is 2.33 bits per heavy atom. The van der Waals surface area contributed by atoms with Crippen LogP contribution in [-0.4, -0.2) is 37.4 Å². The molecule has 0 bridgehead atoms. The molecule has 0 saturated carbocycles. The third-order valence-electron chi connectivity index (χ3n) is 1.67. The summed E-state index contributed by atoms with van der Waals surface area (Å²) in [6.45, 7) is 0. The van der Waals surface area contributed by atoms with Crippen molar-refractivity contribution < 1.29 is 20.1 Å². The van der Waals surface area contributed by atoms with Crippen molar-refractivity contribution >= 4 is 5.97 Å². The Labute approximate surface area is 84.3 Å². The first-order valence-electron chi connectivity index (χ1n) is 3.87. The monoisotopic (exact) mass is 209 g/mol. The van der Waals surface area contributed by atoms with Gasteiger partial charge >= 0.3 is 5.97 Å². The van der Waals surface area contributed by atoms with Crippen LogP contribution >= 0.6 is 0 Å². The van der Waals surface area contributed by atoms with Crippen molar-refractivity contribution in [2.24, 2.45) is 0 Å². The van der Waals surface area contributed by atoms with Crippen molar-refractivity contribution in [2.45, 2.75) is 12.2 Å². The summed E-state index contributed by atoms with van der Waals surface area (Å²) in [5.74, 6) is -1.65. The van der Waals surface area contributed by atoms with Crippen molar-refractivity contribution in [2.75, 3.05) is 0 Å². The normalized spacial score (nSPS) is 13.9. The lowest BCUT2D eigenvalue weighted by Gasteiger charge is -2.12. The average Bonchev–Trinajstić information content (AvgIpc) is 2.27. The molecule has 1 rings (SSSR count). The molecule has 0 amide bonds. The summed E-state index contributed by atoms with van der Waals surface area (Å²) in [7, 11) is 0. The van der Waals surface area contributed by atoms with Crippen LogP contribution in [0.1, 0.15) is 17.5 Å². The number of aliphatic hydroxyl groups is 2. The quantitative estimate of drug-likeness (QED) is 0.572. The molecule has 1 heterocycles. The molecule has 0 aliphatic carbocycles. The SMILES string of the molecule is N#Cc1ncc(C(O)C(O)C(=O)O)cn1. The second kappa shape index (κ2) is 4.45. The molecule has 2 unspecified atom stereocenters. The second-order valence-corrected chi connectivity index (χ2v) is 2.68. The van der Waals surface area contributed by atoms with Crippen molar-refractivity contribution in [3.8, 4) is 6.07 Å². The van der Waals surface area contributed by atoms with E-state index in [-0.39, 0.29) is 11.4 Å². The molecular weight excluding hydrogens is 202 g/mol. The number of nitriles is 1. The van der Waals surface area contributed by atoms with Gasteiger partial charge in [-0.2, -0.15) is 5.26 Å². The predicted octanol–water partition coefficient (Wildman–Crippen LogP) is -1.17. The average molecular weight is 209 g/mol. The summed E-state index contributed by atoms with van der Waals surface area (Å²) in [5.41, 5.74) is 0.0314. The Hall–Kier alpha value is -2.04. The number of aliphatic hydroxyl groups excluding tert-OH is 2. The molecule has 0 spiro atoms. The third-order valence-corrected chi connectivity index (χ3v) is 1.67. The number of aliphatic carboxylic acids is 1. The van der Waals surface area contributed by atoms with Gasteiger partial charge in [0.05, 0.1) is 0 Å². The first kappa shape index (κ1) is 11.0. The van der Waals surface area contributed by atoms with Crippen molar-refractivity contribution in [3.05, 3.63) is 23.8 Å². The van der Waals surface area contributed by atoms with E-state index in [2.05, 4.69) is 9.97 Å². The summed E-state index contributed by atoms with van der Waals surface area (Å²) in [4.78, 5) is 17.4. The zero-order chi connectivity index (χ0) is 11.4. The minimum absolute atomic E-state index is 0.0314. The number of nitrogens with zero attached hydrogens (tertiary/aromatic N) is 3. The van der Waals surface area contributed by atoms with Crippen LogP contribution < -0.4 is 0 Å². The van der Waals surface area contributed by atoms with Gasteiger partial charge in [-0.1, -0.05) is 0 Å². The predicted molar refractivity (Wildman–Crippen MR) is 45.3 cm³/mol. The number of carboxylic acids is 1. The van der Waals surface area contributed by atoms with E-state index in [1.807, 2.05) is 0 Å². The Balaban J connectivity index is 2.88. The Kier molecular flexibility index (Phi) is 3.28. The van der Waals surface area contributed by atoms with Crippen LogP contribution in [0.4, 0.5) is 0 Å². The zero-order valence-corrected chi connectivity index (χ0v) is 7.40. The minimum atomic E-state index is -1.94. The number of carboxylic acid groups (broad SMARTS) is 1. The van der Waals surface area contributed by atoms with Crippen LogP contribution in [0.15, 0.2) is 12.4 Å². The highest BCUT2D eigenvalue weighted by atomic mass is 16.4. The second-order valence-electron chi connectivity index (χ2n) is 2.68. The molecule has 7 nitrogen and oxygen atoms in total. The molecule has 0 saturated heterocycles. The Bertz CT molecular complexity index is 397. The minimum Gasteiger partial charge on any atom is -0.479 e. The van der Waals surface area contributed by atoms with E-state index in [1.165, 1.54) is 0 Å². The fourth-order valence-electron chi connectivity index (χ4n) is 0.866. The summed E-state index contributed by atoms with van der Waals surface area (Å²) in [6, 6.07) is 1.66. The van der Waals surface area contributed by atoms with Gasteiger partial charge in [-0.3, -0.25) is 0 Å². The molecule has 15 heavy (non-hydrogen) atoms. The number of hydrogen-bond acceptors (Lipinski definition) is 6. The van der Waals surface area contributed by atoms with Crippen LogP contribution in [0.2, 0.25) is 0 Å². The molecule has 3 N–H and O–H groups in total. The summed E-state index contributed by atoms with van der Waals surface area (Å²) >= 11 is 0. The molecule has 78 valence electrons. The van der Waals surface area contributed by atoms with E-state index in [9.17, 15) is 9.90 Å². The van der Waals surface area contributed by atoms with Gasteiger partial charge in [-0.15, -0.1) is 0 Å². The Morgan fingerprint density at radius 2 is 1.93 bits per heavy atom. The summed E-state index contributed by atoms with van der Waals surface area (Å²) in [6.07, 6.45) is -1.39. The first-order valence-corrected chi connectivity index (χ1v) is 3.87. The molecule has 0 aliphatic rings. The van der Waals surface area contributed by atoms with Crippen molar-refractivity contribution in [3.63, 3.8) is 0 Å². The highest BCUT2D eigenvalue weighted by Gasteiger charge is 2.25. The maximum absolute atomic E-state index is 10.3. The van der Waals surface area contributed by atoms with Gasteiger partial charge in [0.15, 0.2) is 6.10 Å². The standard InChI is InChI=1S/C8H7N3O4/c9-1-5-10-2-4(3-11-5)6(12)7(13)8(14)15/h2-3,6-7,12-13H,(H,14,15). The van der Waals surface area contributed by atoms with Crippen LogP contribution in [-0.2, 0) is 4.79 Å². The molecule has 2 atom stereocenters. The number of aromatic nitrogens is 2. The molecular formula is C8H7N3O4. The van der Waals surface area contributed by atoms with E-state index < -0.39 is 18.2 Å². The van der Waals surface area contributed by atoms with Gasteiger partial charge in [0, 0.05) is 18.0 Å². The van der Waals surface area contributed by atoms with Gasteiger partial charge in [0.1, 0.15) is 12.2 Å². The summed E-state index contributed by atoms with van der Waals surface area (Å²) < 4.78 is 0. The van der Waals surface area contributed by atoms with Crippen molar-refractivity contribution in [1.82, 2.24) is 9.97 Å². The first-order chi connectivity index (χ1) is 7.06. The largest absolute Gasteiger partial charge is 0.479 e. The topological polar surface area (TPSA) is 127 Å². The molecule has 0 fully saturated rings. The fraction of sp³-hybridized carbons (Fsp3) is 0.250. The van der Waals surface area contributed by atoms with Crippen molar-refractivity contribution in [1.29, 1.82) is 5.26 Å². The molecule has 0 aromatic carbocycles. The van der Waals surface area contributed by atoms with E-state index in [1.54, 1.807) is 6.07 Å². The smallest absolute Gasteiger partial charge is 0.335 e. The van der Waals surface area contributed by atoms with Gasteiger partial charge < -0.3 is 15.3 Å². The van der Waals surface area contributed by atoms with Crippen LogP contribution in [0, 0.1) is 11.3 Å². The van der Waals surface area contributed by atoms with Crippen LogP contribution in [0.25, 0.3) is 0 Å². The fourth-order valence-corrected chi connectivity index (χ4v) is 0.866. The maximum atomic E-state index is 10.3. The van der Waals surface area contributed by atoms with Gasteiger partial charge in [-0.25, -0.2) is 14.8 Å². The molecule has 0 radical (unpaired) electrons. The van der Waals surface area contributed by atoms with Crippen LogP contribution in [0.3, 0.4) is 0 Å². The molecule has 7 heteroatoms. The molecule has 1 aromatic heterocycles. The Morgan fingerprint density at radius 1 is 1.40 bits per heavy atom. The highest BCUT2D eigenvalue weighted by molar-refractivity contribution is 5.72. The number of rotatable bonds is 3. The van der Waals surface area contributed by atoms with E-state index in [0.717, 1.165) is 12.4 Å². The van der Waals surface area contributed by atoms with E-state index in [0.29, 0.717) is 0 Å². The lowest BCUT2D eigenvalue weighted by Crippen LogP contribution is -2.27. The van der Waals surface area contributed by atoms with Crippen LogP contribution in [0.5, 0.6) is 0 Å². The lowest BCUT2D eigenvalue weighted by atomic mass is 10.1. The highest BCUT2D eigenvalue weighted by Crippen LogP contribution is 2.14. The number of hydrogen-bond donors (Lipinski definition) is 3. The van der Waals surface area contributed by atoms with Gasteiger partial charge in [0.25, 0.3) is 0 Å². The zero-order valence-electron chi connectivity index (χ0n) is 7.40. The molecule has 1 aromatic rings. The third kappa shape index (κ3) is 2.46. The van der Waals surface area contributed by atoms with Gasteiger partial charge in [0.2, 0.25) is 5.82 Å². The van der Waals surface area contributed by atoms with E-state index >= 15 is 0 Å². The number of carbonyl (C=O) groups is 1. The summed E-state index contributed by atoms with van der Waals surface area (Å²) in [5, 5.41) is 35.1. The van der Waals surface area contributed by atoms with E-state index in [4.69, 9.17) is 15.5 Å². The lowest BCUT2D eigenvalue weighted by molar-refractivity contribution is -0.153. The van der Waals surface area contributed by atoms with Gasteiger partial charge in [-0.05, 0) is 0 Å². The maximum Gasteiger partial charge on any atom is 0.335 e.